The molecule has 1 amide bonds. The van der Waals surface area contributed by atoms with Gasteiger partial charge in [0.2, 0.25) is 0 Å². The van der Waals surface area contributed by atoms with E-state index in [0.29, 0.717) is 19.6 Å². The third-order valence-electron chi connectivity index (χ3n) is 3.36. The first-order valence-electron chi connectivity index (χ1n) is 6.73. The van der Waals surface area contributed by atoms with Crippen LogP contribution in [-0.2, 0) is 16.0 Å². The fraction of sp³-hybridized carbons (Fsp3) is 0.643. The summed E-state index contributed by atoms with van der Waals surface area (Å²) in [7, 11) is 0. The predicted octanol–water partition coefficient (Wildman–Crippen LogP) is 1.32. The van der Waals surface area contributed by atoms with Gasteiger partial charge in [0.05, 0.1) is 0 Å². The Hall–Kier alpha value is -1.49. The molecule has 1 aliphatic heterocycles. The van der Waals surface area contributed by atoms with E-state index in [1.165, 1.54) is 0 Å². The van der Waals surface area contributed by atoms with Gasteiger partial charge in [-0.3, -0.25) is 4.79 Å². The van der Waals surface area contributed by atoms with Crippen molar-refractivity contribution in [2.45, 2.75) is 45.6 Å². The van der Waals surface area contributed by atoms with Crippen molar-refractivity contribution in [3.8, 4) is 0 Å². The fourth-order valence-electron chi connectivity index (χ4n) is 2.34. The standard InChI is InChI=1S/C14H21N3O2/c1-10-9-11(2)17-12(16-10)5-7-15-13(18)14(3)6-4-8-19-14/h9H,4-8H2,1-3H3,(H,15,18)/t14-/m0/s1. The zero-order valence-electron chi connectivity index (χ0n) is 11.8. The van der Waals surface area contributed by atoms with Crippen LogP contribution in [-0.4, -0.2) is 34.6 Å². The topological polar surface area (TPSA) is 64.1 Å². The van der Waals surface area contributed by atoms with Gasteiger partial charge in [-0.15, -0.1) is 0 Å². The lowest BCUT2D eigenvalue weighted by molar-refractivity contribution is -0.139. The first-order valence-corrected chi connectivity index (χ1v) is 6.73. The van der Waals surface area contributed by atoms with Crippen LogP contribution < -0.4 is 5.32 Å². The largest absolute Gasteiger partial charge is 0.365 e. The molecule has 0 unspecified atom stereocenters. The summed E-state index contributed by atoms with van der Waals surface area (Å²) in [5, 5.41) is 2.91. The van der Waals surface area contributed by atoms with Crippen molar-refractivity contribution in [2.75, 3.05) is 13.2 Å². The highest BCUT2D eigenvalue weighted by Crippen LogP contribution is 2.24. The molecule has 1 atom stereocenters. The van der Waals surface area contributed by atoms with E-state index < -0.39 is 5.60 Å². The van der Waals surface area contributed by atoms with Crippen LogP contribution in [0.4, 0.5) is 0 Å². The summed E-state index contributed by atoms with van der Waals surface area (Å²) in [5.74, 6) is 0.740. The Morgan fingerprint density at radius 1 is 1.42 bits per heavy atom. The average molecular weight is 263 g/mol. The van der Waals surface area contributed by atoms with Gasteiger partial charge in [0, 0.05) is 31.0 Å². The van der Waals surface area contributed by atoms with Gasteiger partial charge in [-0.05, 0) is 39.7 Å². The van der Waals surface area contributed by atoms with E-state index in [-0.39, 0.29) is 5.91 Å². The van der Waals surface area contributed by atoms with Gasteiger partial charge in [-0.2, -0.15) is 0 Å². The maximum absolute atomic E-state index is 12.0. The SMILES string of the molecule is Cc1cc(C)nc(CCNC(=O)[C@]2(C)CCCO2)n1. The predicted molar refractivity (Wildman–Crippen MR) is 71.8 cm³/mol. The summed E-state index contributed by atoms with van der Waals surface area (Å²) in [5.41, 5.74) is 1.27. The van der Waals surface area contributed by atoms with Crippen molar-refractivity contribution in [2.24, 2.45) is 0 Å². The van der Waals surface area contributed by atoms with Crippen molar-refractivity contribution in [1.29, 1.82) is 0 Å². The Bertz CT molecular complexity index is 448. The van der Waals surface area contributed by atoms with Gasteiger partial charge in [0.25, 0.3) is 5.91 Å². The summed E-state index contributed by atoms with van der Waals surface area (Å²) >= 11 is 0. The third kappa shape index (κ3) is 3.50. The van der Waals surface area contributed by atoms with Crippen LogP contribution in [0.15, 0.2) is 6.07 Å². The van der Waals surface area contributed by atoms with Crippen LogP contribution in [0.2, 0.25) is 0 Å². The average Bonchev–Trinajstić information content (AvgIpc) is 2.76. The Kier molecular flexibility index (Phi) is 4.14. The van der Waals surface area contributed by atoms with Crippen LogP contribution in [0.3, 0.4) is 0 Å². The number of hydrogen-bond donors (Lipinski definition) is 1. The number of aromatic nitrogens is 2. The van der Waals surface area contributed by atoms with Gasteiger partial charge in [-0.1, -0.05) is 0 Å². The van der Waals surface area contributed by atoms with Gasteiger partial charge in [0.15, 0.2) is 0 Å². The highest BCUT2D eigenvalue weighted by atomic mass is 16.5. The van der Waals surface area contributed by atoms with Gasteiger partial charge in [-0.25, -0.2) is 9.97 Å². The van der Waals surface area contributed by atoms with Crippen molar-refractivity contribution in [3.05, 3.63) is 23.3 Å². The molecule has 2 rings (SSSR count). The van der Waals surface area contributed by atoms with Gasteiger partial charge in [0.1, 0.15) is 11.4 Å². The third-order valence-corrected chi connectivity index (χ3v) is 3.36. The van der Waals surface area contributed by atoms with E-state index in [2.05, 4.69) is 15.3 Å². The molecule has 1 aromatic rings. The molecule has 2 heterocycles. The molecule has 5 heteroatoms. The van der Waals surface area contributed by atoms with Crippen LogP contribution in [0.1, 0.15) is 37.0 Å². The van der Waals surface area contributed by atoms with Crippen LogP contribution in [0, 0.1) is 13.8 Å². The number of nitrogens with one attached hydrogen (secondary N) is 1. The Labute approximate surface area is 113 Å². The second-order valence-corrected chi connectivity index (χ2v) is 5.26. The molecule has 1 aromatic heterocycles. The molecule has 1 N–H and O–H groups in total. The second-order valence-electron chi connectivity index (χ2n) is 5.26. The number of carbonyl (C=O) groups excluding carboxylic acids is 1. The lowest BCUT2D eigenvalue weighted by Crippen LogP contribution is -2.44. The Morgan fingerprint density at radius 2 is 2.11 bits per heavy atom. The summed E-state index contributed by atoms with van der Waals surface area (Å²) in [6.07, 6.45) is 2.38. The number of hydrogen-bond acceptors (Lipinski definition) is 4. The minimum absolute atomic E-state index is 0.0330. The molecule has 19 heavy (non-hydrogen) atoms. The minimum atomic E-state index is -0.649. The van der Waals surface area contributed by atoms with Crippen LogP contribution >= 0.6 is 0 Å². The number of ether oxygens (including phenoxy) is 1. The van der Waals surface area contributed by atoms with E-state index in [0.717, 1.165) is 30.1 Å². The number of nitrogens with zero attached hydrogens (tertiary/aromatic N) is 2. The second kappa shape index (κ2) is 5.65. The van der Waals surface area contributed by atoms with Crippen molar-refractivity contribution >= 4 is 5.91 Å². The Morgan fingerprint density at radius 3 is 2.68 bits per heavy atom. The molecular formula is C14H21N3O2. The van der Waals surface area contributed by atoms with E-state index in [1.54, 1.807) is 0 Å². The first kappa shape index (κ1) is 13.9. The van der Waals surface area contributed by atoms with Crippen molar-refractivity contribution in [1.82, 2.24) is 15.3 Å². The van der Waals surface area contributed by atoms with Crippen molar-refractivity contribution < 1.29 is 9.53 Å². The van der Waals surface area contributed by atoms with E-state index in [9.17, 15) is 4.79 Å². The normalized spacial score (nSPS) is 22.5. The first-order chi connectivity index (χ1) is 8.99. The molecule has 1 saturated heterocycles. The fourth-order valence-corrected chi connectivity index (χ4v) is 2.34. The summed E-state index contributed by atoms with van der Waals surface area (Å²) in [6.45, 7) is 6.96. The molecule has 104 valence electrons. The highest BCUT2D eigenvalue weighted by Gasteiger charge is 2.37. The lowest BCUT2D eigenvalue weighted by Gasteiger charge is -2.21. The molecule has 5 nitrogen and oxygen atoms in total. The smallest absolute Gasteiger partial charge is 0.251 e. The molecule has 0 saturated carbocycles. The molecule has 1 aliphatic rings. The molecule has 0 radical (unpaired) electrons. The molecule has 0 spiro atoms. The quantitative estimate of drug-likeness (QED) is 0.890. The molecule has 0 aromatic carbocycles. The molecule has 0 bridgehead atoms. The highest BCUT2D eigenvalue weighted by molar-refractivity contribution is 5.84. The summed E-state index contributed by atoms with van der Waals surface area (Å²) < 4.78 is 5.50. The Balaban J connectivity index is 1.84. The van der Waals surface area contributed by atoms with E-state index >= 15 is 0 Å². The lowest BCUT2D eigenvalue weighted by atomic mass is 10.0. The van der Waals surface area contributed by atoms with E-state index in [1.807, 2.05) is 26.8 Å². The maximum Gasteiger partial charge on any atom is 0.251 e. The van der Waals surface area contributed by atoms with Crippen LogP contribution in [0.25, 0.3) is 0 Å². The molecule has 1 fully saturated rings. The number of carbonyl (C=O) groups is 1. The summed E-state index contributed by atoms with van der Waals surface area (Å²) in [4.78, 5) is 20.7. The van der Waals surface area contributed by atoms with Gasteiger partial charge >= 0.3 is 0 Å². The van der Waals surface area contributed by atoms with Crippen molar-refractivity contribution in [3.63, 3.8) is 0 Å². The van der Waals surface area contributed by atoms with E-state index in [4.69, 9.17) is 4.74 Å². The van der Waals surface area contributed by atoms with Crippen LogP contribution in [0.5, 0.6) is 0 Å². The zero-order chi connectivity index (χ0) is 13.9. The molecule has 0 aliphatic carbocycles. The number of rotatable bonds is 4. The molecular weight excluding hydrogens is 242 g/mol. The van der Waals surface area contributed by atoms with Gasteiger partial charge < -0.3 is 10.1 Å². The minimum Gasteiger partial charge on any atom is -0.365 e. The maximum atomic E-state index is 12.0. The zero-order valence-corrected chi connectivity index (χ0v) is 11.8. The summed E-state index contributed by atoms with van der Waals surface area (Å²) in [6, 6.07) is 1.94. The number of aryl methyl sites for hydroxylation is 2. The monoisotopic (exact) mass is 263 g/mol. The number of amides is 1.